The van der Waals surface area contributed by atoms with E-state index in [0.717, 1.165) is 11.1 Å². The van der Waals surface area contributed by atoms with Gasteiger partial charge in [0.05, 0.1) is 13.2 Å². The zero-order valence-corrected chi connectivity index (χ0v) is 11.1. The van der Waals surface area contributed by atoms with Crippen LogP contribution in [0.3, 0.4) is 0 Å². The van der Waals surface area contributed by atoms with E-state index < -0.39 is 5.79 Å². The number of aromatic nitrogens is 1. The molecule has 0 atom stereocenters. The third-order valence-electron chi connectivity index (χ3n) is 3.56. The summed E-state index contributed by atoms with van der Waals surface area (Å²) in [6.07, 6.45) is 1.95. The van der Waals surface area contributed by atoms with Crippen molar-refractivity contribution in [1.82, 2.24) is 4.98 Å². The maximum Gasteiger partial charge on any atom is 0.192 e. The predicted molar refractivity (Wildman–Crippen MR) is 71.3 cm³/mol. The Bertz CT molecular complexity index is 561. The topological polar surface area (TPSA) is 34.2 Å². The molecule has 0 amide bonds. The molecule has 1 fully saturated rings. The van der Waals surface area contributed by atoms with Crippen molar-refractivity contribution in [3.63, 3.8) is 0 Å². The van der Waals surface area contributed by atoms with Crippen LogP contribution >= 0.6 is 0 Å². The van der Waals surface area contributed by atoms with Gasteiger partial charge in [0.25, 0.3) is 0 Å². The van der Waals surface area contributed by atoms with Crippen molar-refractivity contribution in [2.45, 2.75) is 26.6 Å². The van der Waals surface area contributed by atoms with E-state index in [4.69, 9.17) is 9.47 Å². The van der Waals surface area contributed by atoms with Crippen LogP contribution in [0.2, 0.25) is 0 Å². The number of nitrogens with one attached hydrogen (secondary N) is 1. The first-order chi connectivity index (χ1) is 8.49. The summed E-state index contributed by atoms with van der Waals surface area (Å²) in [5.41, 5.74) is 2.27. The van der Waals surface area contributed by atoms with Crippen molar-refractivity contribution in [3.8, 4) is 0 Å². The van der Waals surface area contributed by atoms with Gasteiger partial charge in [-0.05, 0) is 24.4 Å². The Balaban J connectivity index is 1.93. The zero-order valence-electron chi connectivity index (χ0n) is 11.1. The van der Waals surface area contributed by atoms with E-state index in [0.29, 0.717) is 13.2 Å². The van der Waals surface area contributed by atoms with Crippen LogP contribution in [-0.2, 0) is 15.3 Å². The van der Waals surface area contributed by atoms with Crippen LogP contribution in [0.1, 0.15) is 26.3 Å². The van der Waals surface area contributed by atoms with E-state index in [1.807, 2.05) is 13.1 Å². The molecule has 0 unspecified atom stereocenters. The van der Waals surface area contributed by atoms with Gasteiger partial charge >= 0.3 is 0 Å². The average molecular weight is 245 g/mol. The summed E-state index contributed by atoms with van der Waals surface area (Å²) in [5, 5.41) is 1.21. The van der Waals surface area contributed by atoms with Gasteiger partial charge in [-0.2, -0.15) is 0 Å². The van der Waals surface area contributed by atoms with Crippen molar-refractivity contribution in [3.05, 3.63) is 36.0 Å². The van der Waals surface area contributed by atoms with Gasteiger partial charge in [-0.25, -0.2) is 0 Å². The first kappa shape index (κ1) is 11.8. The molecule has 1 N–H and O–H groups in total. The molecule has 3 heteroatoms. The summed E-state index contributed by atoms with van der Waals surface area (Å²) in [7, 11) is 0. The molecule has 0 saturated carbocycles. The second-order valence-electron chi connectivity index (χ2n) is 5.97. The second-order valence-corrected chi connectivity index (χ2v) is 5.97. The standard InChI is InChI=1S/C15H19NO2/c1-14(2)9-17-15(3,18-10-14)12-5-4-11-6-7-16-13(11)8-12/h4-8,16H,9-10H2,1-3H3. The van der Waals surface area contributed by atoms with Crippen LogP contribution < -0.4 is 0 Å². The number of rotatable bonds is 1. The fourth-order valence-electron chi connectivity index (χ4n) is 2.25. The third-order valence-corrected chi connectivity index (χ3v) is 3.56. The summed E-state index contributed by atoms with van der Waals surface area (Å²) < 4.78 is 11.9. The highest BCUT2D eigenvalue weighted by Crippen LogP contribution is 2.36. The molecule has 1 aromatic heterocycles. The van der Waals surface area contributed by atoms with Crippen LogP contribution in [0.25, 0.3) is 10.9 Å². The lowest BCUT2D eigenvalue weighted by Crippen LogP contribution is -2.43. The molecule has 18 heavy (non-hydrogen) atoms. The third kappa shape index (κ3) is 1.93. The molecule has 2 aromatic rings. The maximum atomic E-state index is 5.96. The molecule has 3 nitrogen and oxygen atoms in total. The first-order valence-corrected chi connectivity index (χ1v) is 6.34. The van der Waals surface area contributed by atoms with Crippen LogP contribution in [-0.4, -0.2) is 18.2 Å². The molecule has 96 valence electrons. The lowest BCUT2D eigenvalue weighted by molar-refractivity contribution is -0.298. The van der Waals surface area contributed by atoms with Gasteiger partial charge in [-0.15, -0.1) is 0 Å². The van der Waals surface area contributed by atoms with Crippen LogP contribution in [0, 0.1) is 5.41 Å². The van der Waals surface area contributed by atoms with E-state index in [2.05, 4.69) is 43.1 Å². The van der Waals surface area contributed by atoms with Crippen molar-refractivity contribution in [2.75, 3.05) is 13.2 Å². The highest BCUT2D eigenvalue weighted by molar-refractivity contribution is 5.80. The van der Waals surface area contributed by atoms with E-state index in [-0.39, 0.29) is 5.41 Å². The molecule has 3 rings (SSSR count). The molecule has 1 saturated heterocycles. The van der Waals surface area contributed by atoms with E-state index in [9.17, 15) is 0 Å². The highest BCUT2D eigenvalue weighted by Gasteiger charge is 2.38. The molecule has 1 aliphatic heterocycles. The molecule has 2 heterocycles. The number of aromatic amines is 1. The number of benzene rings is 1. The molecule has 1 aromatic carbocycles. The first-order valence-electron chi connectivity index (χ1n) is 6.34. The van der Waals surface area contributed by atoms with Crippen molar-refractivity contribution in [2.24, 2.45) is 5.41 Å². The molecule has 0 radical (unpaired) electrons. The summed E-state index contributed by atoms with van der Waals surface area (Å²) in [5.74, 6) is -0.630. The quantitative estimate of drug-likeness (QED) is 0.835. The number of hydrogen-bond acceptors (Lipinski definition) is 2. The van der Waals surface area contributed by atoms with E-state index in [1.165, 1.54) is 5.39 Å². The molecular weight excluding hydrogens is 226 g/mol. The lowest BCUT2D eigenvalue weighted by Gasteiger charge is -2.41. The molecule has 0 spiro atoms. The Morgan fingerprint density at radius 2 is 1.78 bits per heavy atom. The van der Waals surface area contributed by atoms with Gasteiger partial charge in [0.2, 0.25) is 0 Å². The number of H-pyrrole nitrogens is 1. The fourth-order valence-corrected chi connectivity index (χ4v) is 2.25. The summed E-state index contributed by atoms with van der Waals surface area (Å²) in [6.45, 7) is 7.73. The minimum absolute atomic E-state index is 0.0933. The molecule has 0 bridgehead atoms. The Labute approximate surface area is 107 Å². The fraction of sp³-hybridized carbons (Fsp3) is 0.467. The Morgan fingerprint density at radius 1 is 1.06 bits per heavy atom. The Morgan fingerprint density at radius 3 is 2.50 bits per heavy atom. The maximum absolute atomic E-state index is 5.96. The van der Waals surface area contributed by atoms with Gasteiger partial charge in [-0.1, -0.05) is 26.0 Å². The van der Waals surface area contributed by atoms with Gasteiger partial charge in [0.15, 0.2) is 5.79 Å². The van der Waals surface area contributed by atoms with Crippen molar-refractivity contribution < 1.29 is 9.47 Å². The van der Waals surface area contributed by atoms with Gasteiger partial charge in [-0.3, -0.25) is 0 Å². The average Bonchev–Trinajstić information content (AvgIpc) is 2.80. The van der Waals surface area contributed by atoms with E-state index >= 15 is 0 Å². The van der Waals surface area contributed by atoms with Gasteiger partial charge in [0.1, 0.15) is 0 Å². The van der Waals surface area contributed by atoms with Crippen LogP contribution in [0.15, 0.2) is 30.5 Å². The summed E-state index contributed by atoms with van der Waals surface area (Å²) in [6, 6.07) is 8.34. The Kier molecular flexibility index (Phi) is 2.50. The largest absolute Gasteiger partial charge is 0.361 e. The van der Waals surface area contributed by atoms with Crippen molar-refractivity contribution in [1.29, 1.82) is 0 Å². The zero-order chi connectivity index (χ0) is 12.8. The monoisotopic (exact) mass is 245 g/mol. The van der Waals surface area contributed by atoms with Gasteiger partial charge in [0, 0.05) is 22.7 Å². The molecule has 0 aliphatic carbocycles. The molecular formula is C15H19NO2. The highest BCUT2D eigenvalue weighted by atomic mass is 16.7. The smallest absolute Gasteiger partial charge is 0.192 e. The minimum Gasteiger partial charge on any atom is -0.361 e. The number of ether oxygens (including phenoxy) is 2. The number of fused-ring (bicyclic) bond motifs is 1. The van der Waals surface area contributed by atoms with Gasteiger partial charge < -0.3 is 14.5 Å². The summed E-state index contributed by atoms with van der Waals surface area (Å²) >= 11 is 0. The van der Waals surface area contributed by atoms with Crippen LogP contribution in [0.5, 0.6) is 0 Å². The van der Waals surface area contributed by atoms with Crippen LogP contribution in [0.4, 0.5) is 0 Å². The van der Waals surface area contributed by atoms with Crippen molar-refractivity contribution >= 4 is 10.9 Å². The summed E-state index contributed by atoms with van der Waals surface area (Å²) in [4.78, 5) is 3.22. The minimum atomic E-state index is -0.630. The lowest BCUT2D eigenvalue weighted by atomic mass is 9.93. The SMILES string of the molecule is CC1(C)COC(C)(c2ccc3cc[nH]c3c2)OC1. The normalized spacial score (nSPS) is 22.2. The number of hydrogen-bond donors (Lipinski definition) is 1. The second kappa shape index (κ2) is 3.84. The van der Waals surface area contributed by atoms with E-state index in [1.54, 1.807) is 0 Å². The molecule has 1 aliphatic rings. The Hall–Kier alpha value is -1.32. The predicted octanol–water partition coefficient (Wildman–Crippen LogP) is 3.41.